The SMILES string of the molecule is CCc1nc(C)nc(OCCOCCOCCO)n1. The largest absolute Gasteiger partial charge is 0.461 e. The van der Waals surface area contributed by atoms with Gasteiger partial charge in [-0.2, -0.15) is 9.97 Å². The number of aliphatic hydroxyl groups excluding tert-OH is 1. The molecular weight excluding hydrogens is 250 g/mol. The molecule has 0 radical (unpaired) electrons. The normalized spacial score (nSPS) is 10.7. The van der Waals surface area contributed by atoms with Crippen LogP contribution in [0.25, 0.3) is 0 Å². The zero-order chi connectivity index (χ0) is 13.9. The molecule has 0 saturated heterocycles. The second-order valence-electron chi connectivity index (χ2n) is 3.73. The molecule has 0 unspecified atom stereocenters. The summed E-state index contributed by atoms with van der Waals surface area (Å²) in [6, 6.07) is 0.337. The van der Waals surface area contributed by atoms with Crippen molar-refractivity contribution in [1.82, 2.24) is 15.0 Å². The molecule has 1 rings (SSSR count). The molecular formula is C12H21N3O4. The van der Waals surface area contributed by atoms with E-state index in [1.54, 1.807) is 0 Å². The summed E-state index contributed by atoms with van der Waals surface area (Å²) in [4.78, 5) is 12.4. The highest BCUT2D eigenvalue weighted by atomic mass is 16.5. The van der Waals surface area contributed by atoms with Gasteiger partial charge in [0.05, 0.1) is 33.0 Å². The number of ether oxygens (including phenoxy) is 3. The maximum Gasteiger partial charge on any atom is 0.319 e. The van der Waals surface area contributed by atoms with E-state index in [4.69, 9.17) is 19.3 Å². The molecule has 0 saturated carbocycles. The lowest BCUT2D eigenvalue weighted by atomic mass is 10.4. The summed E-state index contributed by atoms with van der Waals surface area (Å²) in [6.07, 6.45) is 0.748. The standard InChI is InChI=1S/C12H21N3O4/c1-3-11-13-10(2)14-12(15-11)19-9-8-18-7-6-17-5-4-16/h16H,3-9H2,1-2H3. The van der Waals surface area contributed by atoms with Crippen molar-refractivity contribution in [1.29, 1.82) is 0 Å². The van der Waals surface area contributed by atoms with Crippen LogP contribution < -0.4 is 4.74 Å². The van der Waals surface area contributed by atoms with Crippen molar-refractivity contribution in [3.63, 3.8) is 0 Å². The Morgan fingerprint density at radius 1 is 0.947 bits per heavy atom. The number of hydrogen-bond acceptors (Lipinski definition) is 7. The van der Waals surface area contributed by atoms with Gasteiger partial charge in [0.25, 0.3) is 0 Å². The van der Waals surface area contributed by atoms with Crippen LogP contribution >= 0.6 is 0 Å². The minimum absolute atomic E-state index is 0.0294. The molecule has 0 amide bonds. The van der Waals surface area contributed by atoms with E-state index in [1.165, 1.54) is 0 Å². The number of nitrogens with zero attached hydrogens (tertiary/aromatic N) is 3. The third kappa shape index (κ3) is 7.00. The Hall–Kier alpha value is -1.31. The predicted octanol–water partition coefficient (Wildman–Crippen LogP) is 0.147. The van der Waals surface area contributed by atoms with Gasteiger partial charge in [-0.05, 0) is 6.92 Å². The fraction of sp³-hybridized carbons (Fsp3) is 0.750. The highest BCUT2D eigenvalue weighted by Gasteiger charge is 2.03. The highest BCUT2D eigenvalue weighted by molar-refractivity contribution is 5.00. The van der Waals surface area contributed by atoms with Gasteiger partial charge < -0.3 is 19.3 Å². The van der Waals surface area contributed by atoms with Crippen molar-refractivity contribution in [2.75, 3.05) is 39.6 Å². The first-order valence-corrected chi connectivity index (χ1v) is 6.37. The van der Waals surface area contributed by atoms with Crippen LogP contribution in [0.2, 0.25) is 0 Å². The molecule has 0 spiro atoms. The quantitative estimate of drug-likeness (QED) is 0.606. The highest BCUT2D eigenvalue weighted by Crippen LogP contribution is 2.03. The molecule has 108 valence electrons. The summed E-state index contributed by atoms with van der Waals surface area (Å²) < 4.78 is 15.7. The molecule has 19 heavy (non-hydrogen) atoms. The first-order chi connectivity index (χ1) is 9.26. The third-order valence-electron chi connectivity index (χ3n) is 2.16. The van der Waals surface area contributed by atoms with Gasteiger partial charge in [-0.1, -0.05) is 6.92 Å². The summed E-state index contributed by atoms with van der Waals surface area (Å²) in [5.41, 5.74) is 0. The molecule has 1 heterocycles. The Labute approximate surface area is 113 Å². The van der Waals surface area contributed by atoms with Crippen LogP contribution in [0.4, 0.5) is 0 Å². The zero-order valence-electron chi connectivity index (χ0n) is 11.5. The first kappa shape index (κ1) is 15.7. The Morgan fingerprint density at radius 2 is 1.63 bits per heavy atom. The van der Waals surface area contributed by atoms with Crippen molar-refractivity contribution in [3.8, 4) is 6.01 Å². The molecule has 7 heteroatoms. The van der Waals surface area contributed by atoms with Crippen molar-refractivity contribution in [3.05, 3.63) is 11.6 Å². The Kier molecular flexibility index (Phi) is 7.95. The van der Waals surface area contributed by atoms with Crippen LogP contribution in [0, 0.1) is 6.92 Å². The van der Waals surface area contributed by atoms with E-state index in [-0.39, 0.29) is 6.61 Å². The first-order valence-electron chi connectivity index (χ1n) is 6.37. The molecule has 0 bridgehead atoms. The number of aromatic nitrogens is 3. The second kappa shape index (κ2) is 9.60. The van der Waals surface area contributed by atoms with Crippen LogP contribution in [0.3, 0.4) is 0 Å². The van der Waals surface area contributed by atoms with Gasteiger partial charge in [-0.15, -0.1) is 0 Å². The number of hydrogen-bond donors (Lipinski definition) is 1. The second-order valence-corrected chi connectivity index (χ2v) is 3.73. The fourth-order valence-corrected chi connectivity index (χ4v) is 1.31. The summed E-state index contributed by atoms with van der Waals surface area (Å²) >= 11 is 0. The maximum atomic E-state index is 8.49. The van der Waals surface area contributed by atoms with Crippen LogP contribution in [-0.2, 0) is 15.9 Å². The van der Waals surface area contributed by atoms with Gasteiger partial charge in [-0.3, -0.25) is 0 Å². The third-order valence-corrected chi connectivity index (χ3v) is 2.16. The van der Waals surface area contributed by atoms with Gasteiger partial charge in [0, 0.05) is 6.42 Å². The Morgan fingerprint density at radius 3 is 2.32 bits per heavy atom. The molecule has 0 aromatic carbocycles. The number of aliphatic hydroxyl groups is 1. The molecule has 0 atom stereocenters. The van der Waals surface area contributed by atoms with Crippen molar-refractivity contribution in [2.45, 2.75) is 20.3 Å². The molecule has 7 nitrogen and oxygen atoms in total. The lowest BCUT2D eigenvalue weighted by Gasteiger charge is -2.07. The molecule has 1 N–H and O–H groups in total. The average molecular weight is 271 g/mol. The van der Waals surface area contributed by atoms with Crippen molar-refractivity contribution < 1.29 is 19.3 Å². The van der Waals surface area contributed by atoms with E-state index in [2.05, 4.69) is 15.0 Å². The lowest BCUT2D eigenvalue weighted by Crippen LogP contribution is -2.13. The van der Waals surface area contributed by atoms with E-state index in [0.29, 0.717) is 44.9 Å². The van der Waals surface area contributed by atoms with E-state index in [0.717, 1.165) is 12.2 Å². The zero-order valence-corrected chi connectivity index (χ0v) is 11.5. The van der Waals surface area contributed by atoms with Crippen LogP contribution in [-0.4, -0.2) is 59.7 Å². The van der Waals surface area contributed by atoms with Gasteiger partial charge in [0.15, 0.2) is 0 Å². The molecule has 0 aliphatic rings. The maximum absolute atomic E-state index is 8.49. The van der Waals surface area contributed by atoms with Crippen LogP contribution in [0.15, 0.2) is 0 Å². The lowest BCUT2D eigenvalue weighted by molar-refractivity contribution is 0.0238. The monoisotopic (exact) mass is 271 g/mol. The van der Waals surface area contributed by atoms with Gasteiger partial charge in [0.1, 0.15) is 18.3 Å². The molecule has 0 aliphatic carbocycles. The van der Waals surface area contributed by atoms with E-state index >= 15 is 0 Å². The summed E-state index contributed by atoms with van der Waals surface area (Å²) in [5, 5.41) is 8.49. The summed E-state index contributed by atoms with van der Waals surface area (Å²) in [7, 11) is 0. The average Bonchev–Trinajstić information content (AvgIpc) is 2.41. The molecule has 0 aliphatic heterocycles. The molecule has 1 aromatic heterocycles. The van der Waals surface area contributed by atoms with Crippen LogP contribution in [0.1, 0.15) is 18.6 Å². The van der Waals surface area contributed by atoms with E-state index in [9.17, 15) is 0 Å². The number of rotatable bonds is 10. The molecule has 1 aromatic rings. The van der Waals surface area contributed by atoms with Crippen LogP contribution in [0.5, 0.6) is 6.01 Å². The fourth-order valence-electron chi connectivity index (χ4n) is 1.31. The van der Waals surface area contributed by atoms with Crippen molar-refractivity contribution >= 4 is 0 Å². The molecule has 0 fully saturated rings. The predicted molar refractivity (Wildman–Crippen MR) is 68.2 cm³/mol. The summed E-state index contributed by atoms with van der Waals surface area (Å²) in [6.45, 7) is 5.91. The minimum atomic E-state index is 0.0294. The Balaban J connectivity index is 2.13. The topological polar surface area (TPSA) is 86.6 Å². The number of aryl methyl sites for hydroxylation is 2. The van der Waals surface area contributed by atoms with Crippen molar-refractivity contribution in [2.24, 2.45) is 0 Å². The summed E-state index contributed by atoms with van der Waals surface area (Å²) in [5.74, 6) is 1.38. The minimum Gasteiger partial charge on any atom is -0.461 e. The van der Waals surface area contributed by atoms with Gasteiger partial charge in [-0.25, -0.2) is 4.98 Å². The smallest absolute Gasteiger partial charge is 0.319 e. The van der Waals surface area contributed by atoms with E-state index < -0.39 is 0 Å². The Bertz CT molecular complexity index is 363. The van der Waals surface area contributed by atoms with E-state index in [1.807, 2.05) is 13.8 Å². The van der Waals surface area contributed by atoms with Gasteiger partial charge in [0.2, 0.25) is 0 Å². The van der Waals surface area contributed by atoms with Gasteiger partial charge >= 0.3 is 6.01 Å².